The van der Waals surface area contributed by atoms with Crippen LogP contribution in [0, 0.1) is 0 Å². The normalized spacial score (nSPS) is 15.8. The van der Waals surface area contributed by atoms with E-state index in [-0.39, 0.29) is 17.9 Å². The lowest BCUT2D eigenvalue weighted by Gasteiger charge is -2.15. The molecule has 0 heterocycles. The molecular formula is C16H17NO3. The number of amides is 1. The van der Waals surface area contributed by atoms with E-state index in [1.54, 1.807) is 6.07 Å². The Labute approximate surface area is 117 Å². The van der Waals surface area contributed by atoms with E-state index in [4.69, 9.17) is 4.74 Å². The van der Waals surface area contributed by atoms with Crippen molar-refractivity contribution < 1.29 is 14.6 Å². The Bertz CT molecular complexity index is 649. The van der Waals surface area contributed by atoms with Gasteiger partial charge in [-0.1, -0.05) is 24.3 Å². The molecule has 0 saturated heterocycles. The zero-order valence-electron chi connectivity index (χ0n) is 11.3. The predicted molar refractivity (Wildman–Crippen MR) is 76.7 cm³/mol. The van der Waals surface area contributed by atoms with E-state index in [2.05, 4.69) is 5.32 Å². The van der Waals surface area contributed by atoms with E-state index in [1.807, 2.05) is 37.3 Å². The van der Waals surface area contributed by atoms with Gasteiger partial charge in [0, 0.05) is 5.39 Å². The lowest BCUT2D eigenvalue weighted by atomic mass is 10.0. The fourth-order valence-electron chi connectivity index (χ4n) is 2.19. The van der Waals surface area contributed by atoms with Gasteiger partial charge < -0.3 is 15.2 Å². The highest BCUT2D eigenvalue weighted by Crippen LogP contribution is 2.29. The average Bonchev–Trinajstić information content (AvgIpc) is 3.22. The number of fused-ring (bicyclic) bond motifs is 1. The molecule has 3 rings (SSSR count). The Morgan fingerprint density at radius 2 is 2.10 bits per heavy atom. The minimum atomic E-state index is -0.396. The maximum absolute atomic E-state index is 11.6. The van der Waals surface area contributed by atoms with Crippen LogP contribution in [-0.4, -0.2) is 17.3 Å². The fraction of sp³-hybridized carbons (Fsp3) is 0.312. The van der Waals surface area contributed by atoms with E-state index >= 15 is 0 Å². The molecule has 0 aromatic heterocycles. The van der Waals surface area contributed by atoms with Crippen LogP contribution in [0.2, 0.25) is 0 Å². The molecular weight excluding hydrogens is 254 g/mol. The van der Waals surface area contributed by atoms with Gasteiger partial charge in [-0.2, -0.15) is 0 Å². The molecule has 1 atom stereocenters. The summed E-state index contributed by atoms with van der Waals surface area (Å²) in [5.41, 5.74) is 0.856. The number of alkyl carbamates (subject to hydrolysis) is 1. The van der Waals surface area contributed by atoms with Crippen molar-refractivity contribution in [2.24, 2.45) is 0 Å². The lowest BCUT2D eigenvalue weighted by Crippen LogP contribution is -2.27. The van der Waals surface area contributed by atoms with Crippen molar-refractivity contribution >= 4 is 16.9 Å². The van der Waals surface area contributed by atoms with E-state index in [9.17, 15) is 9.90 Å². The summed E-state index contributed by atoms with van der Waals surface area (Å²) < 4.78 is 5.16. The molecule has 2 N–H and O–H groups in total. The van der Waals surface area contributed by atoms with Crippen molar-refractivity contribution in [2.75, 3.05) is 0 Å². The largest absolute Gasteiger partial charge is 0.507 e. The highest BCUT2D eigenvalue weighted by atomic mass is 16.6. The first kappa shape index (κ1) is 12.8. The van der Waals surface area contributed by atoms with Crippen LogP contribution in [0.4, 0.5) is 4.79 Å². The summed E-state index contributed by atoms with van der Waals surface area (Å²) in [6, 6.07) is 11.1. The molecule has 2 aromatic carbocycles. The highest BCUT2D eigenvalue weighted by Gasteiger charge is 2.26. The molecule has 1 amide bonds. The van der Waals surface area contributed by atoms with Gasteiger partial charge in [-0.15, -0.1) is 0 Å². The van der Waals surface area contributed by atoms with Crippen LogP contribution in [0.25, 0.3) is 10.8 Å². The molecule has 1 aliphatic rings. The van der Waals surface area contributed by atoms with Crippen molar-refractivity contribution in [3.05, 3.63) is 42.0 Å². The number of phenols is 1. The zero-order valence-corrected chi connectivity index (χ0v) is 11.3. The number of carbonyl (C=O) groups is 1. The molecule has 0 spiro atoms. The second-order valence-electron chi connectivity index (χ2n) is 5.23. The predicted octanol–water partition coefficient (Wildman–Crippen LogP) is 3.50. The van der Waals surface area contributed by atoms with Crippen LogP contribution in [0.1, 0.15) is 31.4 Å². The minimum absolute atomic E-state index is 0.0900. The number of benzene rings is 2. The molecule has 1 saturated carbocycles. The summed E-state index contributed by atoms with van der Waals surface area (Å²) in [6.07, 6.45) is 1.61. The third-order valence-corrected chi connectivity index (χ3v) is 3.49. The van der Waals surface area contributed by atoms with E-state index in [0.717, 1.165) is 29.2 Å². The lowest BCUT2D eigenvalue weighted by molar-refractivity contribution is 0.136. The number of nitrogens with one attached hydrogen (secondary N) is 1. The maximum Gasteiger partial charge on any atom is 0.407 e. The van der Waals surface area contributed by atoms with Gasteiger partial charge >= 0.3 is 6.09 Å². The quantitative estimate of drug-likeness (QED) is 0.898. The summed E-state index contributed by atoms with van der Waals surface area (Å²) in [6.45, 7) is 1.87. The molecule has 2 aromatic rings. The molecule has 4 heteroatoms. The zero-order chi connectivity index (χ0) is 14.1. The van der Waals surface area contributed by atoms with Crippen LogP contribution < -0.4 is 5.32 Å². The first-order valence-electron chi connectivity index (χ1n) is 6.82. The Balaban J connectivity index is 1.79. The van der Waals surface area contributed by atoms with Gasteiger partial charge in [-0.25, -0.2) is 4.79 Å². The van der Waals surface area contributed by atoms with Gasteiger partial charge in [-0.05, 0) is 42.8 Å². The molecule has 0 aliphatic heterocycles. The Morgan fingerprint density at radius 3 is 2.85 bits per heavy atom. The summed E-state index contributed by atoms with van der Waals surface area (Å²) >= 11 is 0. The second-order valence-corrected chi connectivity index (χ2v) is 5.23. The fourth-order valence-corrected chi connectivity index (χ4v) is 2.19. The molecule has 1 aliphatic carbocycles. The third-order valence-electron chi connectivity index (χ3n) is 3.49. The van der Waals surface area contributed by atoms with E-state index in [1.165, 1.54) is 0 Å². The van der Waals surface area contributed by atoms with Crippen molar-refractivity contribution in [3.63, 3.8) is 0 Å². The van der Waals surface area contributed by atoms with Gasteiger partial charge in [0.25, 0.3) is 0 Å². The first-order valence-corrected chi connectivity index (χ1v) is 6.82. The van der Waals surface area contributed by atoms with Crippen molar-refractivity contribution in [1.82, 2.24) is 5.32 Å². The molecule has 1 fully saturated rings. The van der Waals surface area contributed by atoms with Crippen LogP contribution in [0.5, 0.6) is 5.75 Å². The highest BCUT2D eigenvalue weighted by molar-refractivity contribution is 5.88. The monoisotopic (exact) mass is 271 g/mol. The second kappa shape index (κ2) is 5.04. The first-order chi connectivity index (χ1) is 9.63. The SMILES string of the molecule is CC(NC(=O)OC1CC1)c1cc(O)c2ccccc2c1. The summed E-state index contributed by atoms with van der Waals surface area (Å²) in [5, 5.41) is 14.6. The van der Waals surface area contributed by atoms with Crippen molar-refractivity contribution in [1.29, 1.82) is 0 Å². The average molecular weight is 271 g/mol. The number of hydrogen-bond acceptors (Lipinski definition) is 3. The van der Waals surface area contributed by atoms with Gasteiger partial charge in [-0.3, -0.25) is 0 Å². The Hall–Kier alpha value is -2.23. The minimum Gasteiger partial charge on any atom is -0.507 e. The van der Waals surface area contributed by atoms with E-state index in [0.29, 0.717) is 0 Å². The van der Waals surface area contributed by atoms with Gasteiger partial charge in [0.2, 0.25) is 0 Å². The summed E-state index contributed by atoms with van der Waals surface area (Å²) in [7, 11) is 0. The Kier molecular flexibility index (Phi) is 3.22. The van der Waals surface area contributed by atoms with Crippen LogP contribution in [0.15, 0.2) is 36.4 Å². The van der Waals surface area contributed by atoms with Gasteiger partial charge in [0.15, 0.2) is 0 Å². The van der Waals surface area contributed by atoms with Crippen molar-refractivity contribution in [3.8, 4) is 5.75 Å². The van der Waals surface area contributed by atoms with Crippen LogP contribution in [-0.2, 0) is 4.74 Å². The molecule has 20 heavy (non-hydrogen) atoms. The number of hydrogen-bond donors (Lipinski definition) is 2. The molecule has 1 unspecified atom stereocenters. The molecule has 0 bridgehead atoms. The summed E-state index contributed by atoms with van der Waals surface area (Å²) in [4.78, 5) is 11.6. The molecule has 104 valence electrons. The van der Waals surface area contributed by atoms with Crippen LogP contribution >= 0.6 is 0 Å². The molecule has 0 radical (unpaired) electrons. The summed E-state index contributed by atoms with van der Waals surface area (Å²) in [5.74, 6) is 0.224. The smallest absolute Gasteiger partial charge is 0.407 e. The van der Waals surface area contributed by atoms with Gasteiger partial charge in [0.05, 0.1) is 6.04 Å². The number of carbonyl (C=O) groups excluding carboxylic acids is 1. The van der Waals surface area contributed by atoms with Crippen molar-refractivity contribution in [2.45, 2.75) is 31.9 Å². The number of phenolic OH excluding ortho intramolecular Hbond substituents is 1. The molecule has 4 nitrogen and oxygen atoms in total. The Morgan fingerprint density at radius 1 is 1.35 bits per heavy atom. The number of ether oxygens (including phenoxy) is 1. The standard InChI is InChI=1S/C16H17NO3/c1-10(17-16(19)20-13-6-7-13)12-8-11-4-2-3-5-14(11)15(18)9-12/h2-5,8-10,13,18H,6-7H2,1H3,(H,17,19). The number of rotatable bonds is 3. The third kappa shape index (κ3) is 2.69. The topological polar surface area (TPSA) is 58.6 Å². The van der Waals surface area contributed by atoms with E-state index < -0.39 is 6.09 Å². The maximum atomic E-state index is 11.6. The van der Waals surface area contributed by atoms with Crippen LogP contribution in [0.3, 0.4) is 0 Å². The number of aromatic hydroxyl groups is 1. The van der Waals surface area contributed by atoms with Gasteiger partial charge in [0.1, 0.15) is 11.9 Å².